The van der Waals surface area contributed by atoms with E-state index in [1.165, 1.54) is 0 Å². The number of hydrogen-bond acceptors (Lipinski definition) is 4. The highest BCUT2D eigenvalue weighted by atomic mass is 16.5. The second-order valence-corrected chi connectivity index (χ2v) is 9.66. The number of carboxylic acid groups (broad SMARTS) is 1. The molecular formula is C22H30O5. The van der Waals surface area contributed by atoms with Gasteiger partial charge in [-0.1, -0.05) is 26.0 Å². The Balaban J connectivity index is 1.67. The van der Waals surface area contributed by atoms with Crippen molar-refractivity contribution < 1.29 is 24.9 Å². The third-order valence-electron chi connectivity index (χ3n) is 8.64. The van der Waals surface area contributed by atoms with Crippen molar-refractivity contribution in [3.8, 4) is 0 Å². The van der Waals surface area contributed by atoms with Gasteiger partial charge >= 0.3 is 5.97 Å². The molecule has 0 bridgehead atoms. The molecule has 0 aromatic carbocycles. The van der Waals surface area contributed by atoms with Crippen LogP contribution in [-0.2, 0) is 9.59 Å². The molecule has 0 saturated heterocycles. The molecule has 5 nitrogen and oxygen atoms in total. The van der Waals surface area contributed by atoms with Gasteiger partial charge in [0, 0.05) is 6.42 Å². The zero-order chi connectivity index (χ0) is 19.6. The van der Waals surface area contributed by atoms with Crippen LogP contribution in [0.1, 0.15) is 58.8 Å². The fourth-order valence-electron chi connectivity index (χ4n) is 7.00. The van der Waals surface area contributed by atoms with Crippen molar-refractivity contribution in [3.05, 3.63) is 23.8 Å². The van der Waals surface area contributed by atoms with Crippen molar-refractivity contribution in [2.75, 3.05) is 0 Å². The number of aliphatic hydroxyl groups is 2. The fraction of sp³-hybridized carbons (Fsp3) is 0.727. The van der Waals surface area contributed by atoms with Crippen LogP contribution in [-0.4, -0.2) is 32.9 Å². The number of fused-ring (bicyclic) bond motifs is 5. The van der Waals surface area contributed by atoms with E-state index in [9.17, 15) is 19.8 Å². The topological polar surface area (TPSA) is 94.8 Å². The Labute approximate surface area is 160 Å². The molecule has 0 heterocycles. The van der Waals surface area contributed by atoms with Crippen LogP contribution >= 0.6 is 0 Å². The van der Waals surface area contributed by atoms with E-state index in [4.69, 9.17) is 5.11 Å². The minimum atomic E-state index is -2.02. The summed E-state index contributed by atoms with van der Waals surface area (Å²) in [4.78, 5) is 23.0. The van der Waals surface area contributed by atoms with Gasteiger partial charge in [0.2, 0.25) is 0 Å². The molecular weight excluding hydrogens is 344 g/mol. The molecule has 4 aliphatic rings. The predicted octanol–water partition coefficient (Wildman–Crippen LogP) is 3.07. The summed E-state index contributed by atoms with van der Waals surface area (Å²) in [7, 11) is 0. The van der Waals surface area contributed by atoms with Crippen molar-refractivity contribution in [2.24, 2.45) is 34.5 Å². The first kappa shape index (κ1) is 18.9. The molecule has 148 valence electrons. The normalized spacial score (nSPS) is 44.9. The molecule has 5 heteroatoms. The lowest BCUT2D eigenvalue weighted by Gasteiger charge is -2.59. The molecule has 0 aromatic rings. The summed E-state index contributed by atoms with van der Waals surface area (Å²) < 4.78 is 0. The zero-order valence-electron chi connectivity index (χ0n) is 16.1. The molecule has 6 atom stereocenters. The van der Waals surface area contributed by atoms with E-state index in [-0.39, 0.29) is 35.9 Å². The van der Waals surface area contributed by atoms with Crippen LogP contribution in [0.15, 0.2) is 23.8 Å². The average Bonchev–Trinajstić information content (AvgIpc) is 2.90. The van der Waals surface area contributed by atoms with E-state index >= 15 is 0 Å². The van der Waals surface area contributed by atoms with Gasteiger partial charge in [0.25, 0.3) is 0 Å². The summed E-state index contributed by atoms with van der Waals surface area (Å²) >= 11 is 0. The quantitative estimate of drug-likeness (QED) is 0.660. The fourth-order valence-corrected chi connectivity index (χ4v) is 7.00. The van der Waals surface area contributed by atoms with Gasteiger partial charge in [-0.15, -0.1) is 0 Å². The minimum Gasteiger partial charge on any atom is -0.481 e. The molecule has 4 aliphatic carbocycles. The first-order valence-electron chi connectivity index (χ1n) is 10.2. The number of ketones is 1. The summed E-state index contributed by atoms with van der Waals surface area (Å²) in [6.07, 6.45) is 10.4. The zero-order valence-corrected chi connectivity index (χ0v) is 16.1. The van der Waals surface area contributed by atoms with Crippen molar-refractivity contribution >= 4 is 11.8 Å². The van der Waals surface area contributed by atoms with Crippen LogP contribution in [0, 0.1) is 34.5 Å². The summed E-state index contributed by atoms with van der Waals surface area (Å²) in [5, 5.41) is 30.8. The third-order valence-corrected chi connectivity index (χ3v) is 8.64. The van der Waals surface area contributed by atoms with Crippen LogP contribution < -0.4 is 0 Å². The maximum absolute atomic E-state index is 12.0. The van der Waals surface area contributed by atoms with Gasteiger partial charge in [-0.2, -0.15) is 0 Å². The number of rotatable bonds is 3. The Hall–Kier alpha value is -1.46. The molecule has 0 spiro atoms. The molecule has 0 aromatic heterocycles. The lowest BCUT2D eigenvalue weighted by Crippen LogP contribution is -2.60. The van der Waals surface area contributed by atoms with Crippen molar-refractivity contribution in [3.63, 3.8) is 0 Å². The Morgan fingerprint density at radius 1 is 1.19 bits per heavy atom. The molecule has 2 saturated carbocycles. The van der Waals surface area contributed by atoms with E-state index in [1.54, 1.807) is 6.08 Å². The van der Waals surface area contributed by atoms with Gasteiger partial charge in [0.15, 0.2) is 11.6 Å². The van der Waals surface area contributed by atoms with Gasteiger partial charge in [0.1, 0.15) is 0 Å². The standard InChI is InChI=1S/C22H30O5/c1-20-10-9-18-16(17(20)7-4-13(20)5-8-19(24)25)6-3-14-11-15(23)12-22(26,27)21(14,18)2/h3,6,11,13,16-18,26-27H,4-5,7-10,12H2,1-2H3,(H,24,25)/t13-,16+,17+,18+,20-,21+/m1/s1. The molecule has 0 aliphatic heterocycles. The molecule has 27 heavy (non-hydrogen) atoms. The monoisotopic (exact) mass is 374 g/mol. The van der Waals surface area contributed by atoms with Crippen molar-refractivity contribution in [1.29, 1.82) is 0 Å². The van der Waals surface area contributed by atoms with Gasteiger partial charge in [-0.3, -0.25) is 9.59 Å². The second kappa shape index (κ2) is 6.02. The molecule has 0 radical (unpaired) electrons. The Morgan fingerprint density at radius 2 is 1.93 bits per heavy atom. The van der Waals surface area contributed by atoms with Gasteiger partial charge in [-0.05, 0) is 72.8 Å². The van der Waals surface area contributed by atoms with E-state index in [2.05, 4.69) is 13.0 Å². The van der Waals surface area contributed by atoms with Crippen LogP contribution in [0.4, 0.5) is 0 Å². The summed E-state index contributed by atoms with van der Waals surface area (Å²) in [6, 6.07) is 0. The third kappa shape index (κ3) is 2.58. The van der Waals surface area contributed by atoms with Crippen molar-refractivity contribution in [2.45, 2.75) is 64.6 Å². The minimum absolute atomic E-state index is 0.0909. The highest BCUT2D eigenvalue weighted by Gasteiger charge is 2.63. The number of allylic oxidation sites excluding steroid dienone is 3. The highest BCUT2D eigenvalue weighted by Crippen LogP contribution is 2.66. The Bertz CT molecular complexity index is 735. The summed E-state index contributed by atoms with van der Waals surface area (Å²) in [5.74, 6) is -1.80. The lowest BCUT2D eigenvalue weighted by atomic mass is 9.47. The van der Waals surface area contributed by atoms with Gasteiger partial charge in [-0.25, -0.2) is 0 Å². The summed E-state index contributed by atoms with van der Waals surface area (Å²) in [6.45, 7) is 4.22. The maximum atomic E-state index is 12.0. The van der Waals surface area contributed by atoms with Crippen LogP contribution in [0.2, 0.25) is 0 Å². The van der Waals surface area contributed by atoms with Crippen LogP contribution in [0.3, 0.4) is 0 Å². The highest BCUT2D eigenvalue weighted by molar-refractivity contribution is 5.93. The predicted molar refractivity (Wildman–Crippen MR) is 99.5 cm³/mol. The van der Waals surface area contributed by atoms with E-state index in [0.29, 0.717) is 11.8 Å². The SMILES string of the molecule is C[C@]12CC[C@H]3[C@@H](C=CC4=CC(=O)CC(O)(O)[C@@]43C)[C@@H]1CC[C@@H]2CCC(=O)O. The first-order chi connectivity index (χ1) is 12.6. The van der Waals surface area contributed by atoms with Crippen LogP contribution in [0.5, 0.6) is 0 Å². The number of carbonyl (C=O) groups excluding carboxylic acids is 1. The largest absolute Gasteiger partial charge is 0.481 e. The molecule has 0 amide bonds. The molecule has 3 N–H and O–H groups in total. The second-order valence-electron chi connectivity index (χ2n) is 9.66. The molecule has 4 rings (SSSR count). The number of hydrogen-bond donors (Lipinski definition) is 3. The lowest BCUT2D eigenvalue weighted by molar-refractivity contribution is -0.255. The number of aliphatic carboxylic acids is 1. The summed E-state index contributed by atoms with van der Waals surface area (Å²) in [5.41, 5.74) is 0.0197. The van der Waals surface area contributed by atoms with Crippen molar-refractivity contribution in [1.82, 2.24) is 0 Å². The average molecular weight is 374 g/mol. The number of carboxylic acids is 1. The van der Waals surface area contributed by atoms with Gasteiger partial charge in [0.05, 0.1) is 11.8 Å². The van der Waals surface area contributed by atoms with Gasteiger partial charge < -0.3 is 15.3 Å². The van der Waals surface area contributed by atoms with E-state index in [0.717, 1.165) is 37.7 Å². The number of carbonyl (C=O) groups is 2. The smallest absolute Gasteiger partial charge is 0.303 e. The van der Waals surface area contributed by atoms with Crippen LogP contribution in [0.25, 0.3) is 0 Å². The first-order valence-corrected chi connectivity index (χ1v) is 10.2. The maximum Gasteiger partial charge on any atom is 0.303 e. The molecule has 2 fully saturated rings. The Morgan fingerprint density at radius 3 is 2.63 bits per heavy atom. The Kier molecular flexibility index (Phi) is 4.21. The molecule has 0 unspecified atom stereocenters. The van der Waals surface area contributed by atoms with E-state index < -0.39 is 17.2 Å². The van der Waals surface area contributed by atoms with E-state index in [1.807, 2.05) is 13.0 Å².